The van der Waals surface area contributed by atoms with Gasteiger partial charge in [-0.2, -0.15) is 0 Å². The van der Waals surface area contributed by atoms with Crippen molar-refractivity contribution in [1.29, 1.82) is 0 Å². The van der Waals surface area contributed by atoms with Gasteiger partial charge in [-0.05, 0) is 24.9 Å². The summed E-state index contributed by atoms with van der Waals surface area (Å²) in [6, 6.07) is 2.01. The van der Waals surface area contributed by atoms with Crippen molar-refractivity contribution >= 4 is 0 Å². The molecule has 0 aromatic carbocycles. The van der Waals surface area contributed by atoms with E-state index in [4.69, 9.17) is 4.42 Å². The van der Waals surface area contributed by atoms with Crippen LogP contribution in [0.5, 0.6) is 0 Å². The normalized spacial score (nSPS) is 11.2. The maximum atomic E-state index is 5.01. The topological polar surface area (TPSA) is 25.2 Å². The molecule has 0 saturated carbocycles. The van der Waals surface area contributed by atoms with Crippen LogP contribution in [0, 0.1) is 5.92 Å². The molecule has 92 valence electrons. The third-order valence-corrected chi connectivity index (χ3v) is 2.79. The quantitative estimate of drug-likeness (QED) is 0.641. The van der Waals surface area contributed by atoms with Gasteiger partial charge in [-0.25, -0.2) is 0 Å². The number of furan rings is 1. The number of hydrogen-bond donors (Lipinski definition) is 1. The minimum absolute atomic E-state index is 0.860. The summed E-state index contributed by atoms with van der Waals surface area (Å²) in [4.78, 5) is 0. The van der Waals surface area contributed by atoms with Crippen molar-refractivity contribution in [2.75, 3.05) is 6.54 Å². The first-order valence-electron chi connectivity index (χ1n) is 6.51. The zero-order valence-corrected chi connectivity index (χ0v) is 10.7. The summed E-state index contributed by atoms with van der Waals surface area (Å²) in [6.45, 7) is 6.65. The van der Waals surface area contributed by atoms with Crippen molar-refractivity contribution in [1.82, 2.24) is 5.32 Å². The SMILES string of the molecule is CC(C)CCCCCCNCc1ccoc1. The van der Waals surface area contributed by atoms with Crippen LogP contribution in [0.3, 0.4) is 0 Å². The van der Waals surface area contributed by atoms with E-state index in [1.165, 1.54) is 37.7 Å². The second-order valence-electron chi connectivity index (χ2n) is 4.91. The molecule has 0 radical (unpaired) electrons. The fourth-order valence-electron chi connectivity index (χ4n) is 1.78. The van der Waals surface area contributed by atoms with Crippen LogP contribution in [-0.2, 0) is 6.54 Å². The highest BCUT2D eigenvalue weighted by atomic mass is 16.3. The van der Waals surface area contributed by atoms with Gasteiger partial charge in [-0.15, -0.1) is 0 Å². The van der Waals surface area contributed by atoms with Gasteiger partial charge < -0.3 is 9.73 Å². The predicted molar refractivity (Wildman–Crippen MR) is 68.3 cm³/mol. The molecule has 1 aromatic rings. The lowest BCUT2D eigenvalue weighted by Gasteiger charge is -2.05. The van der Waals surface area contributed by atoms with Gasteiger partial charge in [0.05, 0.1) is 12.5 Å². The van der Waals surface area contributed by atoms with Crippen molar-refractivity contribution < 1.29 is 4.42 Å². The Bertz CT molecular complexity index is 241. The Morgan fingerprint density at radius 2 is 2.00 bits per heavy atom. The minimum Gasteiger partial charge on any atom is -0.472 e. The van der Waals surface area contributed by atoms with Gasteiger partial charge in [0, 0.05) is 12.1 Å². The van der Waals surface area contributed by atoms with E-state index in [1.54, 1.807) is 12.5 Å². The minimum atomic E-state index is 0.860. The van der Waals surface area contributed by atoms with Gasteiger partial charge in [-0.1, -0.05) is 39.5 Å². The first kappa shape index (κ1) is 13.3. The van der Waals surface area contributed by atoms with Gasteiger partial charge in [0.1, 0.15) is 0 Å². The molecule has 16 heavy (non-hydrogen) atoms. The van der Waals surface area contributed by atoms with E-state index >= 15 is 0 Å². The molecule has 2 heteroatoms. The van der Waals surface area contributed by atoms with Crippen LogP contribution >= 0.6 is 0 Å². The van der Waals surface area contributed by atoms with Crippen LogP contribution < -0.4 is 5.32 Å². The van der Waals surface area contributed by atoms with Crippen LogP contribution in [0.15, 0.2) is 23.0 Å². The molecule has 0 saturated heterocycles. The molecule has 0 amide bonds. The van der Waals surface area contributed by atoms with E-state index in [-0.39, 0.29) is 0 Å². The first-order valence-corrected chi connectivity index (χ1v) is 6.51. The van der Waals surface area contributed by atoms with E-state index in [9.17, 15) is 0 Å². The molecule has 1 aromatic heterocycles. The molecule has 0 atom stereocenters. The molecule has 1 rings (SSSR count). The Labute approximate surface area is 99.4 Å². The predicted octanol–water partition coefficient (Wildman–Crippen LogP) is 3.98. The monoisotopic (exact) mass is 223 g/mol. The Morgan fingerprint density at radius 1 is 1.19 bits per heavy atom. The fourth-order valence-corrected chi connectivity index (χ4v) is 1.78. The lowest BCUT2D eigenvalue weighted by Crippen LogP contribution is -2.14. The van der Waals surface area contributed by atoms with Crippen LogP contribution in [0.25, 0.3) is 0 Å². The second kappa shape index (κ2) is 8.40. The molecule has 0 aliphatic carbocycles. The highest BCUT2D eigenvalue weighted by Gasteiger charge is 1.95. The average Bonchev–Trinajstić information content (AvgIpc) is 2.74. The van der Waals surface area contributed by atoms with E-state index in [0.29, 0.717) is 0 Å². The molecular weight excluding hydrogens is 198 g/mol. The molecule has 0 spiro atoms. The summed E-state index contributed by atoms with van der Waals surface area (Å²) in [5.74, 6) is 0.860. The summed E-state index contributed by atoms with van der Waals surface area (Å²) in [5, 5.41) is 3.43. The van der Waals surface area contributed by atoms with Crippen molar-refractivity contribution in [2.45, 2.75) is 52.5 Å². The fraction of sp³-hybridized carbons (Fsp3) is 0.714. The molecule has 0 fully saturated rings. The van der Waals surface area contributed by atoms with Crippen LogP contribution in [0.2, 0.25) is 0 Å². The highest BCUT2D eigenvalue weighted by molar-refractivity contribution is 5.04. The Kier molecular flexibility index (Phi) is 6.98. The number of nitrogens with one attached hydrogen (secondary N) is 1. The molecule has 0 bridgehead atoms. The van der Waals surface area contributed by atoms with Crippen molar-refractivity contribution in [3.05, 3.63) is 24.2 Å². The van der Waals surface area contributed by atoms with Crippen molar-refractivity contribution in [2.24, 2.45) is 5.92 Å². The lowest BCUT2D eigenvalue weighted by atomic mass is 10.0. The van der Waals surface area contributed by atoms with Crippen LogP contribution in [0.4, 0.5) is 0 Å². The van der Waals surface area contributed by atoms with Gasteiger partial charge in [0.25, 0.3) is 0 Å². The lowest BCUT2D eigenvalue weighted by molar-refractivity contribution is 0.511. The third-order valence-electron chi connectivity index (χ3n) is 2.79. The number of rotatable bonds is 9. The highest BCUT2D eigenvalue weighted by Crippen LogP contribution is 2.09. The Hall–Kier alpha value is -0.760. The summed E-state index contributed by atoms with van der Waals surface area (Å²) in [7, 11) is 0. The van der Waals surface area contributed by atoms with Gasteiger partial charge in [0.15, 0.2) is 0 Å². The van der Waals surface area contributed by atoms with Crippen molar-refractivity contribution in [3.63, 3.8) is 0 Å². The molecule has 1 N–H and O–H groups in total. The Balaban J connectivity index is 1.82. The largest absolute Gasteiger partial charge is 0.472 e. The van der Waals surface area contributed by atoms with E-state index in [0.717, 1.165) is 19.0 Å². The standard InChI is InChI=1S/C14H25NO/c1-13(2)7-5-3-4-6-9-15-11-14-8-10-16-12-14/h8,10,12-13,15H,3-7,9,11H2,1-2H3. The van der Waals surface area contributed by atoms with Crippen LogP contribution in [0.1, 0.15) is 51.5 Å². The summed E-state index contributed by atoms with van der Waals surface area (Å²) < 4.78 is 5.01. The Morgan fingerprint density at radius 3 is 2.69 bits per heavy atom. The molecule has 2 nitrogen and oxygen atoms in total. The second-order valence-corrected chi connectivity index (χ2v) is 4.91. The summed E-state index contributed by atoms with van der Waals surface area (Å²) in [5.41, 5.74) is 1.24. The van der Waals surface area contributed by atoms with E-state index in [2.05, 4.69) is 19.2 Å². The number of hydrogen-bond acceptors (Lipinski definition) is 2. The molecule has 1 heterocycles. The average molecular weight is 223 g/mol. The third kappa shape index (κ3) is 6.67. The summed E-state index contributed by atoms with van der Waals surface area (Å²) >= 11 is 0. The smallest absolute Gasteiger partial charge is 0.0947 e. The molecule has 0 aliphatic heterocycles. The molecule has 0 aliphatic rings. The van der Waals surface area contributed by atoms with E-state index in [1.807, 2.05) is 6.07 Å². The van der Waals surface area contributed by atoms with Gasteiger partial charge in [0.2, 0.25) is 0 Å². The van der Waals surface area contributed by atoms with E-state index < -0.39 is 0 Å². The van der Waals surface area contributed by atoms with Crippen molar-refractivity contribution in [3.8, 4) is 0 Å². The van der Waals surface area contributed by atoms with Gasteiger partial charge >= 0.3 is 0 Å². The summed E-state index contributed by atoms with van der Waals surface area (Å²) in [6.07, 6.45) is 10.3. The number of unbranched alkanes of at least 4 members (excludes halogenated alkanes) is 3. The zero-order valence-electron chi connectivity index (χ0n) is 10.7. The zero-order chi connectivity index (χ0) is 11.6. The maximum absolute atomic E-state index is 5.01. The van der Waals surface area contributed by atoms with Gasteiger partial charge in [-0.3, -0.25) is 0 Å². The van der Waals surface area contributed by atoms with Crippen LogP contribution in [-0.4, -0.2) is 6.54 Å². The first-order chi connectivity index (χ1) is 7.79. The molecule has 0 unspecified atom stereocenters. The maximum Gasteiger partial charge on any atom is 0.0947 e. The molecular formula is C14H25NO.